The van der Waals surface area contributed by atoms with Gasteiger partial charge in [0.15, 0.2) is 5.84 Å². The summed E-state index contributed by atoms with van der Waals surface area (Å²) in [5.41, 5.74) is 5.06. The molecule has 0 spiro atoms. The van der Waals surface area contributed by atoms with Crippen molar-refractivity contribution < 1.29 is 18.4 Å². The lowest BCUT2D eigenvalue weighted by atomic mass is 10.1. The van der Waals surface area contributed by atoms with Crippen molar-refractivity contribution in [2.45, 2.75) is 26.4 Å². The van der Waals surface area contributed by atoms with Crippen LogP contribution in [-0.2, 0) is 0 Å². The third-order valence-corrected chi connectivity index (χ3v) is 2.30. The second kappa shape index (κ2) is 6.57. The molecule has 0 fully saturated rings. The molecule has 0 aromatic carbocycles. The first kappa shape index (κ1) is 15.0. The van der Waals surface area contributed by atoms with Gasteiger partial charge in [-0.2, -0.15) is 13.2 Å². The van der Waals surface area contributed by atoms with Crippen LogP contribution in [0.1, 0.15) is 20.3 Å². The predicted molar refractivity (Wildman–Crippen MR) is 55.4 cm³/mol. The van der Waals surface area contributed by atoms with Gasteiger partial charge in [0.25, 0.3) is 0 Å². The third-order valence-electron chi connectivity index (χ3n) is 2.30. The summed E-state index contributed by atoms with van der Waals surface area (Å²) in [5, 5.41) is 10.8. The second-order valence-electron chi connectivity index (χ2n) is 3.51. The molecule has 96 valence electrons. The first-order valence-corrected chi connectivity index (χ1v) is 5.13. The molecule has 0 radical (unpaired) electrons. The molecule has 0 rings (SSSR count). The highest BCUT2D eigenvalue weighted by molar-refractivity contribution is 5.83. The van der Waals surface area contributed by atoms with Crippen molar-refractivity contribution in [2.24, 2.45) is 16.8 Å². The summed E-state index contributed by atoms with van der Waals surface area (Å²) in [4.78, 5) is 1.62. The first-order chi connectivity index (χ1) is 7.36. The van der Waals surface area contributed by atoms with Crippen LogP contribution in [0.4, 0.5) is 13.2 Å². The Kier molecular flexibility index (Phi) is 6.17. The van der Waals surface area contributed by atoms with Gasteiger partial charge in [-0.05, 0) is 19.5 Å². The zero-order valence-electron chi connectivity index (χ0n) is 9.46. The van der Waals surface area contributed by atoms with Crippen LogP contribution in [0, 0.1) is 5.92 Å². The van der Waals surface area contributed by atoms with Crippen molar-refractivity contribution >= 4 is 5.84 Å². The molecule has 0 aliphatic heterocycles. The van der Waals surface area contributed by atoms with E-state index in [2.05, 4.69) is 5.16 Å². The molecule has 0 amide bonds. The van der Waals surface area contributed by atoms with Crippen LogP contribution >= 0.6 is 0 Å². The Morgan fingerprint density at radius 2 is 2.00 bits per heavy atom. The Balaban J connectivity index is 4.66. The van der Waals surface area contributed by atoms with E-state index in [1.807, 2.05) is 6.92 Å². The molecule has 0 aromatic heterocycles. The van der Waals surface area contributed by atoms with E-state index in [0.717, 1.165) is 6.42 Å². The molecule has 0 saturated carbocycles. The molecular weight excluding hydrogens is 223 g/mol. The van der Waals surface area contributed by atoms with Crippen LogP contribution in [0.2, 0.25) is 0 Å². The Morgan fingerprint density at radius 3 is 2.31 bits per heavy atom. The smallest absolute Gasteiger partial charge is 0.400 e. The van der Waals surface area contributed by atoms with Crippen molar-refractivity contribution in [3.8, 4) is 0 Å². The number of rotatable bonds is 6. The Bertz CT molecular complexity index is 231. The monoisotopic (exact) mass is 241 g/mol. The van der Waals surface area contributed by atoms with Gasteiger partial charge in [0.05, 0.1) is 0 Å². The number of amidine groups is 1. The number of oxime groups is 1. The fraction of sp³-hybridized carbons (Fsp3) is 0.889. The summed E-state index contributed by atoms with van der Waals surface area (Å²) in [6.07, 6.45) is -3.73. The zero-order valence-corrected chi connectivity index (χ0v) is 9.46. The topological polar surface area (TPSA) is 61.8 Å². The fourth-order valence-electron chi connectivity index (χ4n) is 1.39. The van der Waals surface area contributed by atoms with Crippen LogP contribution in [0.25, 0.3) is 0 Å². The molecule has 16 heavy (non-hydrogen) atoms. The highest BCUT2D eigenvalue weighted by atomic mass is 19.4. The van der Waals surface area contributed by atoms with Crippen molar-refractivity contribution in [1.82, 2.24) is 4.90 Å². The fourth-order valence-corrected chi connectivity index (χ4v) is 1.39. The molecule has 1 unspecified atom stereocenters. The second-order valence-corrected chi connectivity index (χ2v) is 3.51. The normalized spacial score (nSPS) is 15.5. The van der Waals surface area contributed by atoms with Crippen molar-refractivity contribution in [2.75, 3.05) is 19.6 Å². The van der Waals surface area contributed by atoms with E-state index in [9.17, 15) is 13.2 Å². The largest absolute Gasteiger partial charge is 0.409 e. The van der Waals surface area contributed by atoms with Gasteiger partial charge >= 0.3 is 6.18 Å². The molecule has 7 heteroatoms. The van der Waals surface area contributed by atoms with E-state index in [4.69, 9.17) is 10.9 Å². The quantitative estimate of drug-likeness (QED) is 0.321. The first-order valence-electron chi connectivity index (χ1n) is 5.13. The molecular formula is C9H18F3N3O. The van der Waals surface area contributed by atoms with Gasteiger partial charge in [-0.3, -0.25) is 0 Å². The Hall–Kier alpha value is -0.980. The van der Waals surface area contributed by atoms with Crippen molar-refractivity contribution in [3.05, 3.63) is 0 Å². The maximum atomic E-state index is 12.6. The minimum atomic E-state index is -4.49. The summed E-state index contributed by atoms with van der Waals surface area (Å²) in [5.74, 6) is -2.70. The van der Waals surface area contributed by atoms with Crippen LogP contribution in [0.3, 0.4) is 0 Å². The molecule has 1 atom stereocenters. The van der Waals surface area contributed by atoms with E-state index in [-0.39, 0.29) is 6.54 Å². The lowest BCUT2D eigenvalue weighted by Gasteiger charge is -2.26. The number of hydrogen-bond acceptors (Lipinski definition) is 3. The zero-order chi connectivity index (χ0) is 12.8. The standard InChI is InChI=1S/C9H18F3N3O/c1-3-5-15(4-2)6-7(8(13)14-16)9(10,11)12/h7,16H,3-6H2,1-2H3,(H2,13,14). The number of nitrogens with two attached hydrogens (primary N) is 1. The highest BCUT2D eigenvalue weighted by Gasteiger charge is 2.43. The van der Waals surface area contributed by atoms with Crippen molar-refractivity contribution in [1.29, 1.82) is 0 Å². The van der Waals surface area contributed by atoms with E-state index in [0.29, 0.717) is 13.1 Å². The molecule has 0 aromatic rings. The lowest BCUT2D eigenvalue weighted by Crippen LogP contribution is -2.44. The van der Waals surface area contributed by atoms with Gasteiger partial charge in [-0.1, -0.05) is 19.0 Å². The summed E-state index contributed by atoms with van der Waals surface area (Å²) in [6, 6.07) is 0. The average Bonchev–Trinajstić information content (AvgIpc) is 2.21. The SMILES string of the molecule is CCCN(CC)CC(C(N)=NO)C(F)(F)F. The maximum absolute atomic E-state index is 12.6. The molecule has 3 N–H and O–H groups in total. The predicted octanol–water partition coefficient (Wildman–Crippen LogP) is 1.64. The highest BCUT2D eigenvalue weighted by Crippen LogP contribution is 2.27. The minimum absolute atomic E-state index is 0.274. The molecule has 0 bridgehead atoms. The molecule has 4 nitrogen and oxygen atoms in total. The summed E-state index contributed by atoms with van der Waals surface area (Å²) < 4.78 is 37.8. The molecule has 0 saturated heterocycles. The van der Waals surface area contributed by atoms with Gasteiger partial charge in [0.2, 0.25) is 0 Å². The summed E-state index contributed by atoms with van der Waals surface area (Å²) in [6.45, 7) is 4.44. The average molecular weight is 241 g/mol. The molecule has 0 aliphatic rings. The van der Waals surface area contributed by atoms with Crippen LogP contribution in [0.15, 0.2) is 5.16 Å². The van der Waals surface area contributed by atoms with Gasteiger partial charge in [0.1, 0.15) is 5.92 Å². The van der Waals surface area contributed by atoms with Gasteiger partial charge in [0, 0.05) is 6.54 Å². The summed E-state index contributed by atoms with van der Waals surface area (Å²) in [7, 11) is 0. The van der Waals surface area contributed by atoms with Gasteiger partial charge in [-0.25, -0.2) is 0 Å². The minimum Gasteiger partial charge on any atom is -0.409 e. The molecule has 0 aliphatic carbocycles. The number of hydrogen-bond donors (Lipinski definition) is 2. The number of halogens is 3. The van der Waals surface area contributed by atoms with Crippen molar-refractivity contribution in [3.63, 3.8) is 0 Å². The van der Waals surface area contributed by atoms with Crippen LogP contribution in [0.5, 0.6) is 0 Å². The molecule has 0 heterocycles. The van der Waals surface area contributed by atoms with Gasteiger partial charge < -0.3 is 15.8 Å². The van der Waals surface area contributed by atoms with E-state index in [1.165, 1.54) is 0 Å². The van der Waals surface area contributed by atoms with Gasteiger partial charge in [-0.15, -0.1) is 0 Å². The van der Waals surface area contributed by atoms with Crippen LogP contribution < -0.4 is 5.73 Å². The Morgan fingerprint density at radius 1 is 1.44 bits per heavy atom. The van der Waals surface area contributed by atoms with E-state index < -0.39 is 17.9 Å². The van der Waals surface area contributed by atoms with E-state index >= 15 is 0 Å². The number of nitrogens with zero attached hydrogens (tertiary/aromatic N) is 2. The maximum Gasteiger partial charge on any atom is 0.400 e. The lowest BCUT2D eigenvalue weighted by molar-refractivity contribution is -0.160. The summed E-state index contributed by atoms with van der Waals surface area (Å²) >= 11 is 0. The van der Waals surface area contributed by atoms with Crippen LogP contribution in [-0.4, -0.2) is 41.8 Å². The Labute approximate surface area is 92.9 Å². The van der Waals surface area contributed by atoms with E-state index in [1.54, 1.807) is 11.8 Å². The third kappa shape index (κ3) is 4.69. The number of alkyl halides is 3.